The Morgan fingerprint density at radius 2 is 0.599 bits per heavy atom. The minimum absolute atomic E-state index is 0.0323. The number of aliphatic carboxylic acids is 1. The largest absolute Gasteiger partial charge is 0.480 e. The van der Waals surface area contributed by atoms with Crippen LogP contribution in [0.5, 0.6) is 0 Å². The SMILES string of the molecule is CC(=O)C[C@@H](CCCCN)C(=O)N[C@@H](Cc1cn(CCP(=O)(O)O)nn1)C(=O)C[C@@H](C)C(=O)N[C@@H](CCCCN)C(=O)O.CC(C)NC(=O)[C@@H](CC(=O)[C@H](CCCCN)NC(=O)[C@H](C)CC(=O)[C@H](Cc1cn(CCP(=O)(O)O)nn1)NC(=O)[C@H](CCCCN)CC(=O)[C@H](C)NC(=O)[C@@H](CC(=O)[C@H](CCCCN)NC(=O)[C@H](C)N)Cc1cn(CCP(=O)(O)O)nn1)Cc1cn(CCP(=O)(O)O)nn1. The first-order chi connectivity index (χ1) is 64.1. The van der Waals surface area contributed by atoms with E-state index in [1.165, 1.54) is 68.8 Å². The molecule has 4 heterocycles. The van der Waals surface area contributed by atoms with Crippen LogP contribution in [0.2, 0.25) is 0 Å². The second kappa shape index (κ2) is 62.0. The van der Waals surface area contributed by atoms with Crippen LogP contribution >= 0.6 is 30.4 Å². The first kappa shape index (κ1) is 122. The van der Waals surface area contributed by atoms with Crippen molar-refractivity contribution < 1.29 is 130 Å². The van der Waals surface area contributed by atoms with Crippen molar-refractivity contribution in [1.29, 1.82) is 0 Å². The molecule has 52 nitrogen and oxygen atoms in total. The van der Waals surface area contributed by atoms with Crippen molar-refractivity contribution >= 4 is 112 Å². The Morgan fingerprint density at radius 1 is 0.328 bits per heavy atom. The summed E-state index contributed by atoms with van der Waals surface area (Å²) in [4.78, 5) is 264. The third-order valence-electron chi connectivity index (χ3n) is 21.8. The number of carbonyl (C=O) groups excluding carboxylic acids is 13. The van der Waals surface area contributed by atoms with Crippen molar-refractivity contribution in [1.82, 2.24) is 97.2 Å². The number of hydrogen-bond donors (Lipinski definition) is 22. The lowest BCUT2D eigenvalue weighted by Crippen LogP contribution is -2.49. The van der Waals surface area contributed by atoms with Crippen LogP contribution in [0, 0.1) is 35.5 Å². The van der Waals surface area contributed by atoms with Crippen LogP contribution in [-0.4, -0.2) is 292 Å². The third kappa shape index (κ3) is 51.4. The van der Waals surface area contributed by atoms with Crippen molar-refractivity contribution in [3.05, 3.63) is 47.6 Å². The molecule has 28 N–H and O–H groups in total. The van der Waals surface area contributed by atoms with Crippen LogP contribution in [-0.2, 0) is 137 Å². The molecule has 56 heteroatoms. The number of rotatable bonds is 72. The summed E-state index contributed by atoms with van der Waals surface area (Å²) >= 11 is 0. The molecule has 0 radical (unpaired) electrons. The number of nitrogens with two attached hydrogens (primary N) is 6. The number of aryl methyl sites for hydroxylation is 4. The molecule has 4 rings (SSSR count). The van der Waals surface area contributed by atoms with Crippen LogP contribution < -0.4 is 71.6 Å². The number of carboxylic acid groups (broad SMARTS) is 1. The van der Waals surface area contributed by atoms with Gasteiger partial charge in [0.2, 0.25) is 41.4 Å². The summed E-state index contributed by atoms with van der Waals surface area (Å²) < 4.78 is 50.6. The van der Waals surface area contributed by atoms with E-state index < -0.39 is 235 Å². The Kier molecular flexibility index (Phi) is 55.1. The first-order valence-corrected chi connectivity index (χ1v) is 52.8. The van der Waals surface area contributed by atoms with Crippen molar-refractivity contribution in [2.45, 2.75) is 284 Å². The average Bonchev–Trinajstić information content (AvgIpc) is 1.83. The van der Waals surface area contributed by atoms with Crippen LogP contribution in [0.1, 0.15) is 206 Å². The highest BCUT2D eigenvalue weighted by Crippen LogP contribution is 2.37. The fourth-order valence-corrected chi connectivity index (χ4v) is 15.9. The maximum absolute atomic E-state index is 14.6. The number of nitrogens with one attached hydrogen (secondary N) is 7. The molecular formula is C81H143N25O27P4. The topological polar surface area (TPSA) is 852 Å². The van der Waals surface area contributed by atoms with E-state index in [0.29, 0.717) is 90.3 Å². The first-order valence-electron chi connectivity index (χ1n) is 45.6. The smallest absolute Gasteiger partial charge is 0.327 e. The van der Waals surface area contributed by atoms with E-state index in [-0.39, 0.29) is 138 Å². The normalized spacial score (nSPS) is 14.8. The Balaban J connectivity index is 0.000000935. The summed E-state index contributed by atoms with van der Waals surface area (Å²) in [6.45, 7) is 11.2. The number of aromatic nitrogens is 12. The second-order valence-corrected chi connectivity index (χ2v) is 42.0. The van der Waals surface area contributed by atoms with Gasteiger partial charge in [0.05, 0.1) is 122 Å². The molecule has 0 saturated heterocycles. The molecule has 0 aliphatic heterocycles. The fourth-order valence-electron chi connectivity index (χ4n) is 14.0. The zero-order valence-electron chi connectivity index (χ0n) is 78.8. The summed E-state index contributed by atoms with van der Waals surface area (Å²) in [5.74, 6) is -15.4. The van der Waals surface area contributed by atoms with Gasteiger partial charge in [0.15, 0.2) is 28.9 Å². The Hall–Kier alpha value is -9.30. The van der Waals surface area contributed by atoms with E-state index >= 15 is 0 Å². The summed E-state index contributed by atoms with van der Waals surface area (Å²) in [6.07, 6.45) is 5.71. The Bertz CT molecular complexity index is 4740. The van der Waals surface area contributed by atoms with Crippen LogP contribution in [0.4, 0.5) is 0 Å². The van der Waals surface area contributed by atoms with Gasteiger partial charge in [-0.25, -0.2) is 4.79 Å². The number of amides is 7. The molecule has 13 atom stereocenters. The quantitative estimate of drug-likeness (QED) is 0.0155. The number of carboxylic acids is 1. The summed E-state index contributed by atoms with van der Waals surface area (Å²) in [5, 5.41) is 59.7. The minimum Gasteiger partial charge on any atom is -0.480 e. The number of carbonyl (C=O) groups is 14. The van der Waals surface area contributed by atoms with E-state index in [0.717, 1.165) is 9.36 Å². The Labute approximate surface area is 794 Å². The van der Waals surface area contributed by atoms with E-state index in [4.69, 9.17) is 44.2 Å². The summed E-state index contributed by atoms with van der Waals surface area (Å²) in [5.41, 5.74) is 34.8. The third-order valence-corrected chi connectivity index (χ3v) is 24.9. The van der Waals surface area contributed by atoms with Gasteiger partial charge in [0.25, 0.3) is 0 Å². The molecule has 4 aromatic heterocycles. The summed E-state index contributed by atoms with van der Waals surface area (Å²) in [7, 11) is -17.6. The van der Waals surface area contributed by atoms with E-state index in [9.17, 15) is 120 Å². The van der Waals surface area contributed by atoms with E-state index in [1.54, 1.807) is 13.8 Å². The molecule has 0 saturated carbocycles. The minimum atomic E-state index is -4.49. The predicted octanol–water partition coefficient (Wildman–Crippen LogP) is -2.94. The zero-order chi connectivity index (χ0) is 103. The summed E-state index contributed by atoms with van der Waals surface area (Å²) in [6, 6.07) is -8.72. The molecule has 774 valence electrons. The van der Waals surface area contributed by atoms with Crippen molar-refractivity contribution in [3.8, 4) is 0 Å². The highest BCUT2D eigenvalue weighted by molar-refractivity contribution is 7.52. The lowest BCUT2D eigenvalue weighted by molar-refractivity contribution is -0.143. The van der Waals surface area contributed by atoms with Crippen LogP contribution in [0.15, 0.2) is 24.8 Å². The lowest BCUT2D eigenvalue weighted by atomic mass is 9.90. The molecule has 137 heavy (non-hydrogen) atoms. The monoisotopic (exact) mass is 2020 g/mol. The number of unbranched alkanes of at least 4 members (excludes halogenated alkanes) is 5. The second-order valence-electron chi connectivity index (χ2n) is 34.9. The van der Waals surface area contributed by atoms with Gasteiger partial charge in [-0.1, -0.05) is 47.5 Å². The molecule has 7 amide bonds. The van der Waals surface area contributed by atoms with Gasteiger partial charge in [0.1, 0.15) is 11.8 Å². The lowest BCUT2D eigenvalue weighted by Gasteiger charge is -2.25. The van der Waals surface area contributed by atoms with Gasteiger partial charge in [-0.2, -0.15) is 0 Å². The molecule has 4 aromatic rings. The number of ketones is 6. The van der Waals surface area contributed by atoms with E-state index in [2.05, 4.69) is 78.5 Å². The standard InChI is InChI=1S/C55H97N18O18P3.C26H46N7O9P/c1-34(2)60-54(81)39(25-41-31-71(68-65-41)18-21-92(83,84)85)28-49(76)44(13-7-10-16-57)62-51(78)35(3)24-48(75)46(30-43-33-73(70-67-43)20-23-94(89,90)91)64-53(80)38(12-6-9-15-56)27-47(74)37(5)61-55(82)40(26-42-32-72(69-66-42)19-22-93(86,87)88)29-50(77)45(14-8-11-17-58)63-52(79)36(4)59;1-17(24(36)29-21(26(38)39)8-4-6-10-28)13-23(35)22(15-20-16-33(32-31-20)11-12-43(40,41)42)30-25(37)19(14-18(2)34)7-3-5-9-27/h31-40,44-46H,6-30,56-59H2,1-5H3,(H,60,81)(H,61,82)(H,62,78)(H,63,79)(H,64,80)(H2,83,84,85)(H2,86,87,88)(H2,89,90,91);16-17,19,21-22H,3-15,27-28H2,1-2H3,(H,29,36)(H,30,37)(H,38,39)(H2,40,41,42)/t35-,36+,37+,38-,39-,40-,44+,45+,46+;17-,19-,21+,22+/m11/s1. The van der Waals surface area contributed by atoms with Crippen molar-refractivity contribution in [3.63, 3.8) is 0 Å². The van der Waals surface area contributed by atoms with Crippen molar-refractivity contribution in [2.24, 2.45) is 69.9 Å². The van der Waals surface area contributed by atoms with Gasteiger partial charge >= 0.3 is 36.4 Å². The number of nitrogens with zero attached hydrogens (tertiary/aromatic N) is 12. The maximum Gasteiger partial charge on any atom is 0.327 e. The Morgan fingerprint density at radius 3 is 0.905 bits per heavy atom. The van der Waals surface area contributed by atoms with Crippen LogP contribution in [0.25, 0.3) is 0 Å². The molecule has 0 fully saturated rings. The van der Waals surface area contributed by atoms with Gasteiger partial charge in [0, 0.05) is 119 Å². The molecule has 0 aromatic carbocycles. The molecule has 0 spiro atoms. The van der Waals surface area contributed by atoms with Crippen molar-refractivity contribution in [2.75, 3.05) is 57.4 Å². The van der Waals surface area contributed by atoms with E-state index in [1.807, 2.05) is 0 Å². The van der Waals surface area contributed by atoms with Gasteiger partial charge in [-0.15, -0.1) is 20.4 Å². The van der Waals surface area contributed by atoms with Crippen LogP contribution in [0.3, 0.4) is 0 Å². The highest BCUT2D eigenvalue weighted by atomic mass is 31.2. The predicted molar refractivity (Wildman–Crippen MR) is 495 cm³/mol. The van der Waals surface area contributed by atoms with Gasteiger partial charge in [-0.3, -0.25) is 94.5 Å². The molecule has 0 aliphatic rings. The molecule has 0 bridgehead atoms. The van der Waals surface area contributed by atoms with Gasteiger partial charge < -0.3 is 121 Å². The number of Topliss-reactive ketones (excluding diaryl/α,β-unsaturated/α-hetero) is 6. The van der Waals surface area contributed by atoms with Gasteiger partial charge in [-0.05, 0) is 151 Å². The zero-order valence-corrected chi connectivity index (χ0v) is 82.3. The molecule has 0 aliphatic carbocycles. The molecule has 0 unspecified atom stereocenters. The molecular weight excluding hydrogens is 1880 g/mol. The number of hydrogen-bond acceptors (Lipinski definition) is 32. The average molecular weight is 2020 g/mol. The maximum atomic E-state index is 14.6. The highest BCUT2D eigenvalue weighted by Gasteiger charge is 2.38. The fraction of sp³-hybridized carbons (Fsp3) is 0.728.